The van der Waals surface area contributed by atoms with Gasteiger partial charge in [-0.2, -0.15) is 0 Å². The molecule has 2 aromatic carbocycles. The van der Waals surface area contributed by atoms with Gasteiger partial charge in [0.15, 0.2) is 0 Å². The zero-order valence-corrected chi connectivity index (χ0v) is 17.5. The monoisotopic (exact) mass is 399 g/mol. The zero-order valence-electron chi connectivity index (χ0n) is 16.7. The Morgan fingerprint density at radius 3 is 2.29 bits per heavy atom. The van der Waals surface area contributed by atoms with Crippen LogP contribution in [0.15, 0.2) is 71.6 Å². The number of nitrogens with zero attached hydrogens (tertiary/aromatic N) is 1. The molecule has 5 heteroatoms. The fraction of sp³-hybridized carbons (Fsp3) is 0.348. The lowest BCUT2D eigenvalue weighted by molar-refractivity contribution is -0.122. The molecule has 28 heavy (non-hydrogen) atoms. The third kappa shape index (κ3) is 6.34. The Morgan fingerprint density at radius 2 is 1.64 bits per heavy atom. The second-order valence-electron chi connectivity index (χ2n) is 6.90. The molecule has 0 aromatic heterocycles. The van der Waals surface area contributed by atoms with E-state index in [0.717, 1.165) is 41.1 Å². The van der Waals surface area contributed by atoms with Crippen LogP contribution in [0.4, 0.5) is 0 Å². The number of carbonyl (C=O) groups is 1. The average Bonchev–Trinajstić information content (AvgIpc) is 2.69. The Hall–Kier alpha value is -2.40. The van der Waals surface area contributed by atoms with Crippen LogP contribution >= 0.6 is 0 Å². The maximum Gasteiger partial charge on any atom is 0.267 e. The molecule has 0 N–H and O–H groups in total. The van der Waals surface area contributed by atoms with Crippen LogP contribution in [0.2, 0.25) is 0 Å². The van der Waals surface area contributed by atoms with Gasteiger partial charge in [-0.3, -0.25) is 4.79 Å². The van der Waals surface area contributed by atoms with Crippen molar-refractivity contribution in [2.24, 2.45) is 0 Å². The van der Waals surface area contributed by atoms with Crippen molar-refractivity contribution in [1.82, 2.24) is 4.31 Å². The molecule has 2 rings (SSSR count). The van der Waals surface area contributed by atoms with Crippen molar-refractivity contribution < 1.29 is 13.2 Å². The summed E-state index contributed by atoms with van der Waals surface area (Å²) in [5.41, 5.74) is 1.73. The number of benzene rings is 2. The van der Waals surface area contributed by atoms with Crippen LogP contribution in [0.1, 0.15) is 50.2 Å². The molecule has 0 spiro atoms. The van der Waals surface area contributed by atoms with Gasteiger partial charge in [-0.1, -0.05) is 80.3 Å². The predicted molar refractivity (Wildman–Crippen MR) is 113 cm³/mol. The van der Waals surface area contributed by atoms with Gasteiger partial charge in [0, 0.05) is 6.08 Å². The minimum Gasteiger partial charge on any atom is -0.269 e. The number of aryl methyl sites for hydroxylation is 1. The van der Waals surface area contributed by atoms with Crippen LogP contribution in [0.3, 0.4) is 0 Å². The Balaban J connectivity index is 2.22. The highest BCUT2D eigenvalue weighted by Gasteiger charge is 2.28. The third-order valence-electron chi connectivity index (χ3n) is 4.51. The highest BCUT2D eigenvalue weighted by molar-refractivity contribution is 7.89. The minimum atomic E-state index is -3.93. The largest absolute Gasteiger partial charge is 0.269 e. The van der Waals surface area contributed by atoms with E-state index in [-0.39, 0.29) is 11.4 Å². The molecule has 2 aromatic rings. The predicted octanol–water partition coefficient (Wildman–Crippen LogP) is 5.24. The van der Waals surface area contributed by atoms with Gasteiger partial charge in [0.1, 0.15) is 0 Å². The molecule has 1 amide bonds. The molecular formula is C23H29NO3S. The normalized spacial score (nSPS) is 11.6. The summed E-state index contributed by atoms with van der Waals surface area (Å²) in [4.78, 5) is 12.9. The molecule has 150 valence electrons. The molecule has 0 heterocycles. The van der Waals surface area contributed by atoms with Gasteiger partial charge in [0.05, 0.1) is 11.4 Å². The van der Waals surface area contributed by atoms with Crippen molar-refractivity contribution in [3.8, 4) is 0 Å². The van der Waals surface area contributed by atoms with Crippen LogP contribution < -0.4 is 0 Å². The number of carbonyl (C=O) groups excluding carboxylic acids is 1. The second kappa shape index (κ2) is 10.8. The van der Waals surface area contributed by atoms with E-state index in [1.165, 1.54) is 12.5 Å². The van der Waals surface area contributed by atoms with E-state index in [4.69, 9.17) is 0 Å². The first-order valence-corrected chi connectivity index (χ1v) is 11.2. The fourth-order valence-corrected chi connectivity index (χ4v) is 4.18. The summed E-state index contributed by atoms with van der Waals surface area (Å²) in [6, 6.07) is 15.7. The first-order chi connectivity index (χ1) is 13.4. The lowest BCUT2D eigenvalue weighted by Crippen LogP contribution is -2.35. The van der Waals surface area contributed by atoms with Crippen LogP contribution in [0.5, 0.6) is 0 Å². The van der Waals surface area contributed by atoms with E-state index >= 15 is 0 Å². The van der Waals surface area contributed by atoms with Crippen LogP contribution in [0.25, 0.3) is 0 Å². The van der Waals surface area contributed by atoms with E-state index < -0.39 is 15.9 Å². The first kappa shape index (κ1) is 21.9. The zero-order chi connectivity index (χ0) is 20.4. The van der Waals surface area contributed by atoms with Gasteiger partial charge in [0.2, 0.25) is 0 Å². The molecule has 0 aliphatic carbocycles. The molecular weight excluding hydrogens is 370 g/mol. The summed E-state index contributed by atoms with van der Waals surface area (Å²) < 4.78 is 27.2. The number of unbranched alkanes of at least 4 members (excludes halogenated alkanes) is 4. The Kier molecular flexibility index (Phi) is 8.45. The minimum absolute atomic E-state index is 0.00998. The first-order valence-electron chi connectivity index (χ1n) is 9.79. The number of sulfonamides is 1. The third-order valence-corrected chi connectivity index (χ3v) is 6.27. The van der Waals surface area contributed by atoms with E-state index in [9.17, 15) is 13.2 Å². The average molecular weight is 400 g/mol. The van der Waals surface area contributed by atoms with E-state index in [1.54, 1.807) is 30.3 Å². The number of hydrogen-bond acceptors (Lipinski definition) is 3. The summed E-state index contributed by atoms with van der Waals surface area (Å²) in [5.74, 6) is -0.514. The Morgan fingerprint density at radius 1 is 0.964 bits per heavy atom. The van der Waals surface area contributed by atoms with Crippen LogP contribution in [0, 0.1) is 6.92 Å². The maximum absolute atomic E-state index is 13.1. The van der Waals surface area contributed by atoms with Crippen molar-refractivity contribution in [1.29, 1.82) is 0 Å². The van der Waals surface area contributed by atoms with E-state index in [0.29, 0.717) is 0 Å². The highest BCUT2D eigenvalue weighted by atomic mass is 32.2. The summed E-state index contributed by atoms with van der Waals surface area (Å²) in [6.45, 7) is 4.05. The van der Waals surface area contributed by atoms with Gasteiger partial charge in [-0.05, 0) is 37.5 Å². The second-order valence-corrected chi connectivity index (χ2v) is 8.76. The van der Waals surface area contributed by atoms with Gasteiger partial charge in [-0.15, -0.1) is 0 Å². The van der Waals surface area contributed by atoms with E-state index in [1.807, 2.05) is 37.3 Å². The molecule has 0 aliphatic heterocycles. The summed E-state index contributed by atoms with van der Waals surface area (Å²) in [6.07, 6.45) is 8.38. The van der Waals surface area contributed by atoms with Crippen molar-refractivity contribution in [2.45, 2.75) is 57.4 Å². The van der Waals surface area contributed by atoms with Gasteiger partial charge in [-0.25, -0.2) is 12.7 Å². The summed E-state index contributed by atoms with van der Waals surface area (Å²) in [5, 5.41) is 0. The van der Waals surface area contributed by atoms with Gasteiger partial charge in [0.25, 0.3) is 15.9 Å². The standard InChI is InChI=1S/C23H29NO3S/c1-3-4-5-6-7-11-14-23(25)24(19-21-12-9-8-10-13-21)28(26,27)22-17-15-20(2)16-18-22/h8-18H,3-7,19H2,1-2H3/b14-11+. The SMILES string of the molecule is CCCCCC/C=C/C(=O)N(Cc1ccccc1)S(=O)(=O)c1ccc(C)cc1. The van der Waals surface area contributed by atoms with Crippen molar-refractivity contribution >= 4 is 15.9 Å². The van der Waals surface area contributed by atoms with Crippen LogP contribution in [-0.2, 0) is 21.4 Å². The van der Waals surface area contributed by atoms with E-state index in [2.05, 4.69) is 6.92 Å². The molecule has 4 nitrogen and oxygen atoms in total. The van der Waals surface area contributed by atoms with Crippen molar-refractivity contribution in [3.05, 3.63) is 77.9 Å². The van der Waals surface area contributed by atoms with Crippen molar-refractivity contribution in [2.75, 3.05) is 0 Å². The number of rotatable bonds is 10. The lowest BCUT2D eigenvalue weighted by Gasteiger charge is -2.21. The number of amides is 1. The molecule has 0 bridgehead atoms. The fourth-order valence-electron chi connectivity index (χ4n) is 2.82. The van der Waals surface area contributed by atoms with Gasteiger partial charge < -0.3 is 0 Å². The Bertz CT molecular complexity index is 872. The van der Waals surface area contributed by atoms with Gasteiger partial charge >= 0.3 is 0 Å². The molecule has 0 saturated carbocycles. The molecule has 0 saturated heterocycles. The molecule has 0 aliphatic rings. The highest BCUT2D eigenvalue weighted by Crippen LogP contribution is 2.20. The Labute approximate surface area is 168 Å². The maximum atomic E-state index is 13.1. The van der Waals surface area contributed by atoms with Crippen molar-refractivity contribution in [3.63, 3.8) is 0 Å². The molecule has 0 unspecified atom stereocenters. The summed E-state index contributed by atoms with van der Waals surface area (Å²) in [7, 11) is -3.93. The lowest BCUT2D eigenvalue weighted by atomic mass is 10.1. The topological polar surface area (TPSA) is 54.5 Å². The number of hydrogen-bond donors (Lipinski definition) is 0. The quantitative estimate of drug-likeness (QED) is 0.405. The molecule has 0 fully saturated rings. The smallest absolute Gasteiger partial charge is 0.267 e. The summed E-state index contributed by atoms with van der Waals surface area (Å²) >= 11 is 0. The number of allylic oxidation sites excluding steroid dienone is 1. The molecule has 0 atom stereocenters. The van der Waals surface area contributed by atoms with Crippen LogP contribution in [-0.4, -0.2) is 18.6 Å². The molecule has 0 radical (unpaired) electrons.